The van der Waals surface area contributed by atoms with E-state index in [9.17, 15) is 14.4 Å². The number of fused-ring (bicyclic) bond motifs is 3. The third kappa shape index (κ3) is 3.83. The van der Waals surface area contributed by atoms with Gasteiger partial charge in [-0.2, -0.15) is 0 Å². The molecule has 0 unspecified atom stereocenters. The van der Waals surface area contributed by atoms with Crippen LogP contribution < -0.4 is 10.1 Å². The van der Waals surface area contributed by atoms with E-state index in [2.05, 4.69) is 30.1 Å². The van der Waals surface area contributed by atoms with E-state index in [0.29, 0.717) is 32.5 Å². The molecule has 7 nitrogen and oxygen atoms in total. The van der Waals surface area contributed by atoms with E-state index in [1.54, 1.807) is 6.92 Å². The first-order valence-electron chi connectivity index (χ1n) is 10.9. The predicted octanol–water partition coefficient (Wildman–Crippen LogP) is 1.42. The average molecular weight is 414 g/mol. The standard InChI is InChI=1S/C23H31N3O4/c1-15-4-5-19-17(14-15)23(3)8-6-18(28)21(22(23)30-19)24-20(29)7-9-25-10-12-26(13-11-25)16(2)27/h4-5,14,21-22H,6-13H2,1-3H3,(H,24,29)/t21-,22-,23-/m0/s1. The van der Waals surface area contributed by atoms with Gasteiger partial charge in [-0.1, -0.05) is 24.6 Å². The maximum atomic E-state index is 12.7. The first-order chi connectivity index (χ1) is 14.3. The van der Waals surface area contributed by atoms with Gasteiger partial charge >= 0.3 is 0 Å². The minimum Gasteiger partial charge on any atom is -0.487 e. The minimum atomic E-state index is -0.612. The number of ether oxygens (including phenoxy) is 1. The zero-order valence-electron chi connectivity index (χ0n) is 18.1. The van der Waals surface area contributed by atoms with Crippen LogP contribution in [0.4, 0.5) is 0 Å². The van der Waals surface area contributed by atoms with Crippen molar-refractivity contribution in [1.29, 1.82) is 0 Å². The van der Waals surface area contributed by atoms with Crippen molar-refractivity contribution in [3.8, 4) is 5.75 Å². The van der Waals surface area contributed by atoms with Gasteiger partial charge in [-0.25, -0.2) is 0 Å². The van der Waals surface area contributed by atoms with Crippen molar-refractivity contribution in [2.24, 2.45) is 0 Å². The number of amides is 2. The Hall–Kier alpha value is -2.41. The van der Waals surface area contributed by atoms with Crippen molar-refractivity contribution in [1.82, 2.24) is 15.1 Å². The number of hydrogen-bond acceptors (Lipinski definition) is 5. The first kappa shape index (κ1) is 20.8. The van der Waals surface area contributed by atoms with Gasteiger partial charge in [0.05, 0.1) is 0 Å². The molecule has 2 amide bonds. The lowest BCUT2D eigenvalue weighted by Crippen LogP contribution is -2.59. The number of nitrogens with one attached hydrogen (secondary N) is 1. The molecule has 1 saturated carbocycles. The largest absolute Gasteiger partial charge is 0.487 e. The lowest BCUT2D eigenvalue weighted by atomic mass is 9.67. The van der Waals surface area contributed by atoms with E-state index >= 15 is 0 Å². The number of benzene rings is 1. The number of carbonyl (C=O) groups excluding carboxylic acids is 3. The van der Waals surface area contributed by atoms with Crippen LogP contribution in [0.3, 0.4) is 0 Å². The number of Topliss-reactive ketones (excluding diaryl/α,β-unsaturated/α-hetero) is 1. The summed E-state index contributed by atoms with van der Waals surface area (Å²) in [6.07, 6.45) is 1.15. The van der Waals surface area contributed by atoms with Crippen molar-refractivity contribution in [3.05, 3.63) is 29.3 Å². The summed E-state index contributed by atoms with van der Waals surface area (Å²) >= 11 is 0. The molecule has 7 heteroatoms. The number of piperazine rings is 1. The van der Waals surface area contributed by atoms with E-state index in [4.69, 9.17) is 4.74 Å². The van der Waals surface area contributed by atoms with Crippen LogP contribution in [-0.2, 0) is 19.8 Å². The Morgan fingerprint density at radius 2 is 1.97 bits per heavy atom. The fourth-order valence-corrected chi connectivity index (χ4v) is 4.98. The Morgan fingerprint density at radius 3 is 2.67 bits per heavy atom. The molecule has 1 aromatic carbocycles. The third-order valence-electron chi connectivity index (χ3n) is 6.96. The van der Waals surface area contributed by atoms with E-state index < -0.39 is 6.04 Å². The van der Waals surface area contributed by atoms with Gasteiger partial charge < -0.3 is 15.0 Å². The lowest BCUT2D eigenvalue weighted by molar-refractivity contribution is -0.133. The van der Waals surface area contributed by atoms with Crippen LogP contribution in [0.2, 0.25) is 0 Å². The highest BCUT2D eigenvalue weighted by atomic mass is 16.5. The number of rotatable bonds is 4. The zero-order valence-corrected chi connectivity index (χ0v) is 18.1. The lowest BCUT2D eigenvalue weighted by Gasteiger charge is -2.39. The highest BCUT2D eigenvalue weighted by Crippen LogP contribution is 2.49. The monoisotopic (exact) mass is 413 g/mol. The zero-order chi connectivity index (χ0) is 21.5. The van der Waals surface area contributed by atoms with E-state index in [0.717, 1.165) is 30.8 Å². The third-order valence-corrected chi connectivity index (χ3v) is 6.96. The molecule has 3 atom stereocenters. The van der Waals surface area contributed by atoms with Crippen molar-refractivity contribution in [2.45, 2.75) is 57.6 Å². The summed E-state index contributed by atoms with van der Waals surface area (Å²) in [7, 11) is 0. The molecule has 2 aliphatic heterocycles. The number of carbonyl (C=O) groups is 3. The van der Waals surface area contributed by atoms with Crippen LogP contribution in [0.25, 0.3) is 0 Å². The number of nitrogens with zero attached hydrogens (tertiary/aromatic N) is 2. The normalized spacial score (nSPS) is 28.5. The van der Waals surface area contributed by atoms with E-state index in [-0.39, 0.29) is 29.1 Å². The highest BCUT2D eigenvalue weighted by molar-refractivity contribution is 5.91. The van der Waals surface area contributed by atoms with Crippen molar-refractivity contribution >= 4 is 17.6 Å². The minimum absolute atomic E-state index is 0.0467. The summed E-state index contributed by atoms with van der Waals surface area (Å²) < 4.78 is 6.20. The molecule has 4 rings (SSSR count). The quantitative estimate of drug-likeness (QED) is 0.808. The molecule has 1 saturated heterocycles. The fraction of sp³-hybridized carbons (Fsp3) is 0.609. The Balaban J connectivity index is 1.36. The van der Waals surface area contributed by atoms with Crippen molar-refractivity contribution < 1.29 is 19.1 Å². The van der Waals surface area contributed by atoms with Crippen LogP contribution in [0, 0.1) is 6.92 Å². The van der Waals surface area contributed by atoms with Crippen LogP contribution in [0.15, 0.2) is 18.2 Å². The second-order valence-corrected chi connectivity index (χ2v) is 9.06. The summed E-state index contributed by atoms with van der Waals surface area (Å²) in [6, 6.07) is 5.52. The molecule has 0 aromatic heterocycles. The molecule has 2 heterocycles. The smallest absolute Gasteiger partial charge is 0.221 e. The van der Waals surface area contributed by atoms with Crippen molar-refractivity contribution in [2.75, 3.05) is 32.7 Å². The number of hydrogen-bond donors (Lipinski definition) is 1. The van der Waals surface area contributed by atoms with E-state index in [1.807, 2.05) is 17.0 Å². The molecule has 162 valence electrons. The van der Waals surface area contributed by atoms with Crippen LogP contribution in [0.1, 0.15) is 44.2 Å². The van der Waals surface area contributed by atoms with Gasteiger partial charge in [-0.3, -0.25) is 19.3 Å². The summed E-state index contributed by atoms with van der Waals surface area (Å²) in [5.41, 5.74) is 2.04. The second-order valence-electron chi connectivity index (χ2n) is 9.06. The van der Waals surface area contributed by atoms with Gasteiger partial charge in [0.1, 0.15) is 17.9 Å². The molecule has 3 aliphatic rings. The van der Waals surface area contributed by atoms with Crippen LogP contribution in [0.5, 0.6) is 5.75 Å². The fourth-order valence-electron chi connectivity index (χ4n) is 4.98. The number of ketones is 1. The molecule has 0 radical (unpaired) electrons. The van der Waals surface area contributed by atoms with Gasteiger partial charge in [0.2, 0.25) is 11.8 Å². The van der Waals surface area contributed by atoms with Gasteiger partial charge in [-0.05, 0) is 19.4 Å². The summed E-state index contributed by atoms with van der Waals surface area (Å²) in [4.78, 5) is 40.8. The molecule has 1 aliphatic carbocycles. The Bertz CT molecular complexity index is 862. The van der Waals surface area contributed by atoms with Gasteiger partial charge in [0.25, 0.3) is 0 Å². The summed E-state index contributed by atoms with van der Waals surface area (Å²) in [5.74, 6) is 0.845. The molecule has 2 fully saturated rings. The van der Waals surface area contributed by atoms with Crippen molar-refractivity contribution in [3.63, 3.8) is 0 Å². The van der Waals surface area contributed by atoms with Gasteiger partial charge in [0, 0.05) is 63.5 Å². The Labute approximate surface area is 177 Å². The van der Waals surface area contributed by atoms with E-state index in [1.165, 1.54) is 5.56 Å². The van der Waals surface area contributed by atoms with Gasteiger partial charge in [-0.15, -0.1) is 0 Å². The summed E-state index contributed by atoms with van der Waals surface area (Å²) in [6.45, 7) is 9.35. The van der Waals surface area contributed by atoms with Gasteiger partial charge in [0.15, 0.2) is 5.78 Å². The molecule has 0 bridgehead atoms. The Morgan fingerprint density at radius 1 is 1.23 bits per heavy atom. The summed E-state index contributed by atoms with van der Waals surface area (Å²) in [5, 5.41) is 2.98. The SMILES string of the molecule is CC(=O)N1CCN(CCC(=O)N[C@H]2C(=O)CC[C@@]3(C)c4cc(C)ccc4O[C@@H]23)CC1. The molecule has 1 aromatic rings. The van der Waals surface area contributed by atoms with Crippen LogP contribution >= 0.6 is 0 Å². The molecule has 30 heavy (non-hydrogen) atoms. The maximum Gasteiger partial charge on any atom is 0.221 e. The average Bonchev–Trinajstić information content (AvgIpc) is 3.01. The molecule has 0 spiro atoms. The maximum absolute atomic E-state index is 12.7. The van der Waals surface area contributed by atoms with Crippen LogP contribution in [-0.4, -0.2) is 72.3 Å². The predicted molar refractivity (Wildman–Crippen MR) is 112 cm³/mol. The molecular formula is C23H31N3O4. The highest BCUT2D eigenvalue weighted by Gasteiger charge is 2.54. The molecular weight excluding hydrogens is 382 g/mol. The second kappa shape index (κ2) is 8.02. The number of aryl methyl sites for hydroxylation is 1. The topological polar surface area (TPSA) is 79.0 Å². The Kier molecular flexibility index (Phi) is 5.57. The first-order valence-corrected chi connectivity index (χ1v) is 10.9. The molecule has 1 N–H and O–H groups in total.